The van der Waals surface area contributed by atoms with Gasteiger partial charge in [-0.2, -0.15) is 0 Å². The third kappa shape index (κ3) is 3.74. The van der Waals surface area contributed by atoms with Gasteiger partial charge in [0.25, 0.3) is 0 Å². The summed E-state index contributed by atoms with van der Waals surface area (Å²) in [7, 11) is 0. The molecule has 2 aliphatic heterocycles. The average Bonchev–Trinajstić information content (AvgIpc) is 3.16. The fourth-order valence-corrected chi connectivity index (χ4v) is 4.00. The number of aromatic nitrogens is 1. The predicted octanol–water partition coefficient (Wildman–Crippen LogP) is 2.22. The van der Waals surface area contributed by atoms with Crippen LogP contribution in [0.3, 0.4) is 0 Å². The second kappa shape index (κ2) is 6.75. The zero-order chi connectivity index (χ0) is 14.7. The van der Waals surface area contributed by atoms with E-state index in [1.54, 1.807) is 11.3 Å². The summed E-state index contributed by atoms with van der Waals surface area (Å²) >= 11 is 1.61. The Morgan fingerprint density at radius 1 is 1.38 bits per heavy atom. The van der Waals surface area contributed by atoms with Crippen molar-refractivity contribution in [1.82, 2.24) is 20.1 Å². The minimum Gasteiger partial charge on any atom is -0.331 e. The molecule has 21 heavy (non-hydrogen) atoms. The van der Waals surface area contributed by atoms with Crippen molar-refractivity contribution in [2.75, 3.05) is 26.2 Å². The Morgan fingerprint density at radius 3 is 2.90 bits per heavy atom. The van der Waals surface area contributed by atoms with E-state index in [1.165, 1.54) is 32.4 Å². The summed E-state index contributed by atoms with van der Waals surface area (Å²) in [6.45, 7) is 6.70. The van der Waals surface area contributed by atoms with Gasteiger partial charge in [0.2, 0.25) is 0 Å². The predicted molar refractivity (Wildman–Crippen MR) is 84.5 cm³/mol. The molecule has 1 atom stereocenters. The summed E-state index contributed by atoms with van der Waals surface area (Å²) in [5.41, 5.74) is 1.02. The molecule has 1 aromatic rings. The van der Waals surface area contributed by atoms with Gasteiger partial charge >= 0.3 is 6.03 Å². The molecule has 2 saturated heterocycles. The molecule has 0 aromatic carbocycles. The zero-order valence-corrected chi connectivity index (χ0v) is 13.5. The molecule has 1 aromatic heterocycles. The molecule has 5 nitrogen and oxygen atoms in total. The maximum atomic E-state index is 12.3. The van der Waals surface area contributed by atoms with E-state index in [2.05, 4.69) is 15.2 Å². The van der Waals surface area contributed by atoms with E-state index in [9.17, 15) is 4.79 Å². The van der Waals surface area contributed by atoms with Gasteiger partial charge in [-0.3, -0.25) is 4.90 Å². The second-order valence-electron chi connectivity index (χ2n) is 6.03. The summed E-state index contributed by atoms with van der Waals surface area (Å²) in [5.74, 6) is 0. The van der Waals surface area contributed by atoms with Crippen LogP contribution in [-0.2, 0) is 6.54 Å². The number of nitrogens with one attached hydrogen (secondary N) is 1. The Kier molecular flexibility index (Phi) is 4.75. The topological polar surface area (TPSA) is 48.5 Å². The van der Waals surface area contributed by atoms with Crippen LogP contribution in [0.15, 0.2) is 5.38 Å². The van der Waals surface area contributed by atoms with Crippen LogP contribution < -0.4 is 5.32 Å². The Balaban J connectivity index is 1.49. The average molecular weight is 308 g/mol. The normalized spacial score (nSPS) is 23.5. The number of amides is 2. The van der Waals surface area contributed by atoms with Crippen molar-refractivity contribution >= 4 is 17.4 Å². The minimum atomic E-state index is 0.0618. The van der Waals surface area contributed by atoms with Crippen LogP contribution in [0, 0.1) is 6.92 Å². The van der Waals surface area contributed by atoms with E-state index >= 15 is 0 Å². The van der Waals surface area contributed by atoms with Crippen LogP contribution in [0.1, 0.15) is 36.4 Å². The Bertz CT molecular complexity index is 484. The van der Waals surface area contributed by atoms with Crippen molar-refractivity contribution in [3.63, 3.8) is 0 Å². The Morgan fingerprint density at radius 2 is 2.19 bits per heavy atom. The van der Waals surface area contributed by atoms with E-state index in [-0.39, 0.29) is 6.03 Å². The smallest absolute Gasteiger partial charge is 0.317 e. The van der Waals surface area contributed by atoms with Crippen molar-refractivity contribution in [3.05, 3.63) is 16.1 Å². The minimum absolute atomic E-state index is 0.0618. The van der Waals surface area contributed by atoms with E-state index in [1.807, 2.05) is 17.2 Å². The summed E-state index contributed by atoms with van der Waals surface area (Å²) in [4.78, 5) is 21.2. The first-order valence-corrected chi connectivity index (χ1v) is 8.78. The lowest BCUT2D eigenvalue weighted by molar-refractivity contribution is 0.125. The number of urea groups is 1. The van der Waals surface area contributed by atoms with E-state index in [0.29, 0.717) is 12.6 Å². The second-order valence-corrected chi connectivity index (χ2v) is 6.97. The van der Waals surface area contributed by atoms with Gasteiger partial charge in [0.15, 0.2) is 0 Å². The van der Waals surface area contributed by atoms with E-state index in [0.717, 1.165) is 30.2 Å². The first-order valence-electron chi connectivity index (χ1n) is 7.90. The van der Waals surface area contributed by atoms with Crippen LogP contribution in [0.4, 0.5) is 4.79 Å². The largest absolute Gasteiger partial charge is 0.331 e. The van der Waals surface area contributed by atoms with Gasteiger partial charge in [-0.05, 0) is 45.7 Å². The van der Waals surface area contributed by atoms with Crippen LogP contribution in [-0.4, -0.2) is 53.0 Å². The first-order chi connectivity index (χ1) is 10.2. The third-order valence-corrected chi connectivity index (χ3v) is 5.36. The van der Waals surface area contributed by atoms with Gasteiger partial charge in [-0.15, -0.1) is 11.3 Å². The molecule has 0 spiro atoms. The maximum absolute atomic E-state index is 12.3. The molecular weight excluding hydrogens is 284 g/mol. The number of thiazole rings is 1. The molecule has 116 valence electrons. The molecular formula is C15H24N4OS. The van der Waals surface area contributed by atoms with Gasteiger partial charge in [0, 0.05) is 30.2 Å². The van der Waals surface area contributed by atoms with Crippen LogP contribution in [0.25, 0.3) is 0 Å². The maximum Gasteiger partial charge on any atom is 0.317 e. The summed E-state index contributed by atoms with van der Waals surface area (Å²) < 4.78 is 0. The van der Waals surface area contributed by atoms with E-state index in [4.69, 9.17) is 0 Å². The van der Waals surface area contributed by atoms with Crippen LogP contribution >= 0.6 is 11.3 Å². The summed E-state index contributed by atoms with van der Waals surface area (Å²) in [6.07, 6.45) is 4.97. The molecule has 3 heterocycles. The van der Waals surface area contributed by atoms with Crippen molar-refractivity contribution in [2.45, 2.75) is 45.2 Å². The molecule has 0 saturated carbocycles. The number of hydrogen-bond donors (Lipinski definition) is 1. The molecule has 0 radical (unpaired) electrons. The van der Waals surface area contributed by atoms with Gasteiger partial charge < -0.3 is 10.2 Å². The lowest BCUT2D eigenvalue weighted by Crippen LogP contribution is -2.51. The number of piperidine rings is 1. The van der Waals surface area contributed by atoms with Crippen molar-refractivity contribution < 1.29 is 4.79 Å². The van der Waals surface area contributed by atoms with Crippen LogP contribution in [0.2, 0.25) is 0 Å². The lowest BCUT2D eigenvalue weighted by Gasteiger charge is -2.37. The van der Waals surface area contributed by atoms with Crippen molar-refractivity contribution in [3.8, 4) is 0 Å². The quantitative estimate of drug-likeness (QED) is 0.931. The molecule has 3 rings (SSSR count). The SMILES string of the molecule is Cc1csc(CNC(=O)N2CCC[C@H](N3CCCC3)C2)n1. The number of likely N-dealkylation sites (tertiary alicyclic amines) is 2. The van der Waals surface area contributed by atoms with E-state index < -0.39 is 0 Å². The highest BCUT2D eigenvalue weighted by Gasteiger charge is 2.29. The first kappa shape index (κ1) is 14.8. The van der Waals surface area contributed by atoms with Crippen LogP contribution in [0.5, 0.6) is 0 Å². The number of rotatable bonds is 3. The van der Waals surface area contributed by atoms with Gasteiger partial charge in [0.1, 0.15) is 5.01 Å². The summed E-state index contributed by atoms with van der Waals surface area (Å²) in [5, 5.41) is 6.01. The molecule has 2 aliphatic rings. The highest BCUT2D eigenvalue weighted by atomic mass is 32.1. The lowest BCUT2D eigenvalue weighted by atomic mass is 10.0. The summed E-state index contributed by atoms with van der Waals surface area (Å²) in [6, 6.07) is 0.626. The Hall–Kier alpha value is -1.14. The molecule has 6 heteroatoms. The number of carbonyl (C=O) groups is 1. The standard InChI is InChI=1S/C15H24N4OS/c1-12-11-21-14(17-12)9-16-15(20)19-8-4-5-13(10-19)18-6-2-3-7-18/h11,13H,2-10H2,1H3,(H,16,20)/t13-/m0/s1. The number of aryl methyl sites for hydroxylation is 1. The molecule has 2 amide bonds. The number of nitrogens with zero attached hydrogens (tertiary/aromatic N) is 3. The van der Waals surface area contributed by atoms with Gasteiger partial charge in [0.05, 0.1) is 6.54 Å². The molecule has 0 bridgehead atoms. The zero-order valence-electron chi connectivity index (χ0n) is 12.7. The Labute approximate surface area is 130 Å². The van der Waals surface area contributed by atoms with Gasteiger partial charge in [-0.25, -0.2) is 9.78 Å². The number of carbonyl (C=O) groups excluding carboxylic acids is 1. The van der Waals surface area contributed by atoms with Crippen molar-refractivity contribution in [2.24, 2.45) is 0 Å². The molecule has 0 aliphatic carbocycles. The fourth-order valence-electron chi connectivity index (χ4n) is 3.29. The fraction of sp³-hybridized carbons (Fsp3) is 0.733. The highest BCUT2D eigenvalue weighted by molar-refractivity contribution is 7.09. The highest BCUT2D eigenvalue weighted by Crippen LogP contribution is 2.20. The molecule has 1 N–H and O–H groups in total. The monoisotopic (exact) mass is 308 g/mol. The molecule has 2 fully saturated rings. The van der Waals surface area contributed by atoms with Crippen molar-refractivity contribution in [1.29, 1.82) is 0 Å². The number of hydrogen-bond acceptors (Lipinski definition) is 4. The van der Waals surface area contributed by atoms with Gasteiger partial charge in [-0.1, -0.05) is 0 Å². The molecule has 0 unspecified atom stereocenters. The third-order valence-electron chi connectivity index (χ3n) is 4.40.